The summed E-state index contributed by atoms with van der Waals surface area (Å²) in [5.74, 6) is -5.45. The predicted octanol–water partition coefficient (Wildman–Crippen LogP) is 1.18. The zero-order chi connectivity index (χ0) is 12.5. The van der Waals surface area contributed by atoms with Gasteiger partial charge in [0.1, 0.15) is 9.84 Å². The molecule has 7 heteroatoms. The van der Waals surface area contributed by atoms with Crippen molar-refractivity contribution in [3.63, 3.8) is 0 Å². The van der Waals surface area contributed by atoms with Crippen molar-refractivity contribution in [3.05, 3.63) is 35.1 Å². The Kier molecular flexibility index (Phi) is 3.59. The van der Waals surface area contributed by atoms with Crippen LogP contribution in [0.3, 0.4) is 0 Å². The molecule has 0 heterocycles. The van der Waals surface area contributed by atoms with E-state index in [1.54, 1.807) is 0 Å². The first-order chi connectivity index (χ1) is 7.22. The molecule has 0 saturated heterocycles. The zero-order valence-electron chi connectivity index (χ0n) is 8.25. The first-order valence-corrected chi connectivity index (χ1v) is 6.27. The zero-order valence-corrected chi connectivity index (χ0v) is 9.06. The summed E-state index contributed by atoms with van der Waals surface area (Å²) >= 11 is 0. The predicted molar refractivity (Wildman–Crippen MR) is 51.0 cm³/mol. The molecular formula is C9H9F3O3S. The van der Waals surface area contributed by atoms with Crippen LogP contribution in [0.2, 0.25) is 0 Å². The Hall–Kier alpha value is -1.08. The minimum Gasteiger partial charge on any atom is -0.387 e. The van der Waals surface area contributed by atoms with Crippen molar-refractivity contribution in [1.82, 2.24) is 0 Å². The van der Waals surface area contributed by atoms with Crippen molar-refractivity contribution in [2.45, 2.75) is 6.10 Å². The van der Waals surface area contributed by atoms with Crippen LogP contribution in [0.25, 0.3) is 0 Å². The van der Waals surface area contributed by atoms with E-state index in [2.05, 4.69) is 0 Å². The smallest absolute Gasteiger partial charge is 0.194 e. The Balaban J connectivity index is 3.10. The maximum Gasteiger partial charge on any atom is 0.194 e. The molecule has 1 N–H and O–H groups in total. The van der Waals surface area contributed by atoms with Gasteiger partial charge in [-0.15, -0.1) is 0 Å². The van der Waals surface area contributed by atoms with Gasteiger partial charge in [0.15, 0.2) is 17.5 Å². The Bertz CT molecular complexity index is 499. The first-order valence-electron chi connectivity index (χ1n) is 4.21. The van der Waals surface area contributed by atoms with E-state index in [4.69, 9.17) is 0 Å². The fraction of sp³-hybridized carbons (Fsp3) is 0.333. The maximum atomic E-state index is 13.1. The fourth-order valence-corrected chi connectivity index (χ4v) is 1.93. The van der Waals surface area contributed by atoms with Gasteiger partial charge in [-0.1, -0.05) is 6.07 Å². The molecule has 0 amide bonds. The molecule has 1 aromatic carbocycles. The first kappa shape index (κ1) is 13.0. The second kappa shape index (κ2) is 4.42. The van der Waals surface area contributed by atoms with E-state index >= 15 is 0 Å². The summed E-state index contributed by atoms with van der Waals surface area (Å²) in [7, 11) is -3.54. The van der Waals surface area contributed by atoms with Crippen molar-refractivity contribution < 1.29 is 26.7 Å². The SMILES string of the molecule is CS(=O)(=O)CC(O)c1ccc(F)c(F)c1F. The highest BCUT2D eigenvalue weighted by Gasteiger charge is 2.21. The molecule has 0 spiro atoms. The van der Waals surface area contributed by atoms with Crippen LogP contribution >= 0.6 is 0 Å². The van der Waals surface area contributed by atoms with E-state index in [-0.39, 0.29) is 0 Å². The highest BCUT2D eigenvalue weighted by atomic mass is 32.2. The van der Waals surface area contributed by atoms with Gasteiger partial charge < -0.3 is 5.11 Å². The standard InChI is InChI=1S/C9H9F3O3S/c1-16(14,15)4-7(13)5-2-3-6(10)9(12)8(5)11/h2-3,7,13H,4H2,1H3. The molecule has 0 aliphatic rings. The molecule has 0 bridgehead atoms. The van der Waals surface area contributed by atoms with Crippen LogP contribution in [0.4, 0.5) is 13.2 Å². The van der Waals surface area contributed by atoms with Gasteiger partial charge in [-0.05, 0) is 6.07 Å². The van der Waals surface area contributed by atoms with Crippen molar-refractivity contribution in [2.24, 2.45) is 0 Å². The minimum absolute atomic E-state index is 0.579. The summed E-state index contributed by atoms with van der Waals surface area (Å²) in [5.41, 5.74) is -0.579. The number of halogens is 3. The van der Waals surface area contributed by atoms with Crippen LogP contribution < -0.4 is 0 Å². The summed E-state index contributed by atoms with van der Waals surface area (Å²) in [6, 6.07) is 1.43. The molecule has 1 unspecified atom stereocenters. The number of sulfone groups is 1. The molecule has 16 heavy (non-hydrogen) atoms. The lowest BCUT2D eigenvalue weighted by atomic mass is 10.1. The van der Waals surface area contributed by atoms with Gasteiger partial charge in [-0.3, -0.25) is 0 Å². The largest absolute Gasteiger partial charge is 0.387 e. The van der Waals surface area contributed by atoms with Crippen molar-refractivity contribution in [3.8, 4) is 0 Å². The quantitative estimate of drug-likeness (QED) is 0.824. The number of hydrogen-bond acceptors (Lipinski definition) is 3. The topological polar surface area (TPSA) is 54.4 Å². The molecule has 0 aliphatic carbocycles. The van der Waals surface area contributed by atoms with E-state index in [1.165, 1.54) is 0 Å². The van der Waals surface area contributed by atoms with Crippen LogP contribution in [0.5, 0.6) is 0 Å². The number of benzene rings is 1. The Morgan fingerprint density at radius 2 is 1.81 bits per heavy atom. The molecule has 0 aliphatic heterocycles. The Labute approximate surface area is 90.4 Å². The summed E-state index contributed by atoms with van der Waals surface area (Å²) in [6.07, 6.45) is -0.876. The molecule has 0 aromatic heterocycles. The normalized spacial score (nSPS) is 13.8. The molecule has 0 radical (unpaired) electrons. The molecule has 3 nitrogen and oxygen atoms in total. The molecular weight excluding hydrogens is 245 g/mol. The van der Waals surface area contributed by atoms with E-state index in [0.29, 0.717) is 6.07 Å². The minimum atomic E-state index is -3.54. The summed E-state index contributed by atoms with van der Waals surface area (Å²) in [6.45, 7) is 0. The summed E-state index contributed by atoms with van der Waals surface area (Å²) in [4.78, 5) is 0. The second-order valence-electron chi connectivity index (χ2n) is 3.37. The van der Waals surface area contributed by atoms with Crippen molar-refractivity contribution >= 4 is 9.84 Å². The number of hydrogen-bond donors (Lipinski definition) is 1. The van der Waals surface area contributed by atoms with Gasteiger partial charge in [0.2, 0.25) is 0 Å². The lowest BCUT2D eigenvalue weighted by Gasteiger charge is -2.11. The third-order valence-corrected chi connectivity index (χ3v) is 2.81. The van der Waals surface area contributed by atoms with E-state index in [1.807, 2.05) is 0 Å². The van der Waals surface area contributed by atoms with E-state index < -0.39 is 44.7 Å². The second-order valence-corrected chi connectivity index (χ2v) is 5.56. The number of aliphatic hydroxyl groups is 1. The Morgan fingerprint density at radius 3 is 2.31 bits per heavy atom. The van der Waals surface area contributed by atoms with Gasteiger partial charge in [0.05, 0.1) is 11.9 Å². The molecule has 0 fully saturated rings. The number of aliphatic hydroxyl groups excluding tert-OH is 1. The van der Waals surface area contributed by atoms with Crippen LogP contribution in [0, 0.1) is 17.5 Å². The summed E-state index contributed by atoms with van der Waals surface area (Å²) in [5, 5.41) is 9.34. The molecule has 0 saturated carbocycles. The molecule has 1 rings (SSSR count). The molecule has 1 atom stereocenters. The van der Waals surface area contributed by atoms with E-state index in [9.17, 15) is 26.7 Å². The van der Waals surface area contributed by atoms with Crippen LogP contribution in [-0.4, -0.2) is 25.5 Å². The van der Waals surface area contributed by atoms with Crippen molar-refractivity contribution in [1.29, 1.82) is 0 Å². The monoisotopic (exact) mass is 254 g/mol. The lowest BCUT2D eigenvalue weighted by Crippen LogP contribution is -2.15. The maximum absolute atomic E-state index is 13.1. The molecule has 1 aromatic rings. The van der Waals surface area contributed by atoms with Gasteiger partial charge in [0.25, 0.3) is 0 Å². The van der Waals surface area contributed by atoms with Crippen LogP contribution in [-0.2, 0) is 9.84 Å². The highest BCUT2D eigenvalue weighted by molar-refractivity contribution is 7.90. The average molecular weight is 254 g/mol. The fourth-order valence-electron chi connectivity index (χ4n) is 1.17. The van der Waals surface area contributed by atoms with Gasteiger partial charge >= 0.3 is 0 Å². The average Bonchev–Trinajstić information content (AvgIpc) is 2.11. The summed E-state index contributed by atoms with van der Waals surface area (Å²) < 4.78 is 60.1. The van der Waals surface area contributed by atoms with Crippen LogP contribution in [0.1, 0.15) is 11.7 Å². The number of rotatable bonds is 3. The lowest BCUT2D eigenvalue weighted by molar-refractivity contribution is 0.194. The van der Waals surface area contributed by atoms with Gasteiger partial charge in [-0.2, -0.15) is 0 Å². The van der Waals surface area contributed by atoms with E-state index in [0.717, 1.165) is 12.3 Å². The third-order valence-electron chi connectivity index (χ3n) is 1.88. The Morgan fingerprint density at radius 1 is 1.25 bits per heavy atom. The highest BCUT2D eigenvalue weighted by Crippen LogP contribution is 2.22. The van der Waals surface area contributed by atoms with Gasteiger partial charge in [-0.25, -0.2) is 21.6 Å². The molecule has 90 valence electrons. The van der Waals surface area contributed by atoms with Crippen molar-refractivity contribution in [2.75, 3.05) is 12.0 Å². The third kappa shape index (κ3) is 2.96. The van der Waals surface area contributed by atoms with Crippen LogP contribution in [0.15, 0.2) is 12.1 Å². The van der Waals surface area contributed by atoms with Gasteiger partial charge in [0, 0.05) is 11.8 Å².